The summed E-state index contributed by atoms with van der Waals surface area (Å²) in [5.41, 5.74) is 1.83. The van der Waals surface area contributed by atoms with Crippen LogP contribution in [-0.4, -0.2) is 23.9 Å². The van der Waals surface area contributed by atoms with Crippen LogP contribution in [0.4, 0.5) is 0 Å². The molecule has 38 heavy (non-hydrogen) atoms. The van der Waals surface area contributed by atoms with Crippen molar-refractivity contribution >= 4 is 67.6 Å². The van der Waals surface area contributed by atoms with Gasteiger partial charge in [0, 0.05) is 34.2 Å². The Bertz CT molecular complexity index is 1770. The Morgan fingerprint density at radius 1 is 1.21 bits per heavy atom. The molecule has 2 aliphatic rings. The van der Waals surface area contributed by atoms with E-state index in [0.29, 0.717) is 41.6 Å². The molecule has 4 heterocycles. The molecule has 6 rings (SSSR count). The van der Waals surface area contributed by atoms with Gasteiger partial charge in [-0.2, -0.15) is 0 Å². The molecule has 0 bridgehead atoms. The molecule has 1 atom stereocenters. The highest BCUT2D eigenvalue weighted by Gasteiger charge is 2.36. The Morgan fingerprint density at radius 3 is 2.74 bits per heavy atom. The van der Waals surface area contributed by atoms with E-state index >= 15 is 0 Å². The lowest BCUT2D eigenvalue weighted by Gasteiger charge is -2.26. The molecule has 2 aliphatic heterocycles. The summed E-state index contributed by atoms with van der Waals surface area (Å²) < 4.78 is 25.8. The van der Waals surface area contributed by atoms with Crippen LogP contribution in [0.2, 0.25) is 0 Å². The number of rotatable bonds is 5. The highest BCUT2D eigenvalue weighted by molar-refractivity contribution is 14.1. The number of fused-ring (bicyclic) bond motifs is 2. The summed E-state index contributed by atoms with van der Waals surface area (Å²) in [6.07, 6.45) is 1.68. The second-order valence-corrected chi connectivity index (χ2v) is 11.2. The van der Waals surface area contributed by atoms with Gasteiger partial charge < -0.3 is 18.6 Å². The van der Waals surface area contributed by atoms with Crippen LogP contribution in [0, 0.1) is 3.77 Å². The predicted octanol–water partition coefficient (Wildman–Crippen LogP) is 4.62. The third-order valence-corrected chi connectivity index (χ3v) is 9.14. The maximum absolute atomic E-state index is 13.9. The average Bonchev–Trinajstić information content (AvgIpc) is 3.60. The third kappa shape index (κ3) is 4.41. The van der Waals surface area contributed by atoms with E-state index in [0.717, 1.165) is 10.0 Å². The minimum absolute atomic E-state index is 0.106. The molecule has 2 aromatic carbocycles. The quantitative estimate of drug-likeness (QED) is 0.223. The normalized spacial score (nSPS) is 16.4. The van der Waals surface area contributed by atoms with Gasteiger partial charge in [-0.1, -0.05) is 47.7 Å². The standard InChI is InChI=1S/C27H18BrIN2O6S/c1-2-34-26(33)21-22(14-6-4-3-5-7-14)30-27-31(23(21)15-8-9-18-19(10-15)36-13-35-18)25(32)20(38-27)12-16-11-17(28)24(29)37-16/h3-12,23H,2,13H2,1H3/b20-12+/t23-/m1/s1. The number of nitrogens with zero attached hydrogens (tertiary/aromatic N) is 2. The van der Waals surface area contributed by atoms with Crippen LogP contribution in [0.5, 0.6) is 11.5 Å². The van der Waals surface area contributed by atoms with E-state index in [1.807, 2.05) is 36.4 Å². The van der Waals surface area contributed by atoms with Crippen LogP contribution in [-0.2, 0) is 9.53 Å². The van der Waals surface area contributed by atoms with Gasteiger partial charge in [-0.15, -0.1) is 0 Å². The van der Waals surface area contributed by atoms with Gasteiger partial charge in [-0.3, -0.25) is 9.36 Å². The Hall–Kier alpha value is -3.16. The zero-order chi connectivity index (χ0) is 26.4. The van der Waals surface area contributed by atoms with Gasteiger partial charge in [-0.05, 0) is 46.6 Å². The fraction of sp³-hybridized carbons (Fsp3) is 0.148. The molecule has 0 saturated heterocycles. The predicted molar refractivity (Wildman–Crippen MR) is 153 cm³/mol. The average molecular weight is 705 g/mol. The molecule has 8 nitrogen and oxygen atoms in total. The van der Waals surface area contributed by atoms with E-state index in [-0.39, 0.29) is 24.5 Å². The molecule has 2 aromatic heterocycles. The van der Waals surface area contributed by atoms with E-state index in [1.54, 1.807) is 31.2 Å². The summed E-state index contributed by atoms with van der Waals surface area (Å²) in [6, 6.07) is 15.8. The van der Waals surface area contributed by atoms with Gasteiger partial charge >= 0.3 is 5.97 Å². The Balaban J connectivity index is 1.65. The number of halogens is 2. The van der Waals surface area contributed by atoms with Gasteiger partial charge in [0.25, 0.3) is 5.56 Å². The molecule has 11 heteroatoms. The van der Waals surface area contributed by atoms with Crippen LogP contribution < -0.4 is 24.4 Å². The van der Waals surface area contributed by atoms with Gasteiger partial charge in [0.15, 0.2) is 20.1 Å². The number of carbonyl (C=O) groups excluding carboxylic acids is 1. The second-order valence-electron chi connectivity index (χ2n) is 8.31. The number of esters is 1. The maximum atomic E-state index is 13.9. The SMILES string of the molecule is CCOC(=O)C1=C(c2ccccc2)N=c2s/c(=C/c3cc(Br)c(I)o3)c(=O)n2[C@@H]1c1ccc2c(c1)OCO2. The molecule has 0 aliphatic carbocycles. The summed E-state index contributed by atoms with van der Waals surface area (Å²) in [4.78, 5) is 32.7. The number of benzene rings is 2. The van der Waals surface area contributed by atoms with Crippen molar-refractivity contribution < 1.29 is 23.4 Å². The van der Waals surface area contributed by atoms with Crippen molar-refractivity contribution in [3.05, 3.63) is 105 Å². The highest BCUT2D eigenvalue weighted by atomic mass is 127. The van der Waals surface area contributed by atoms with Crippen molar-refractivity contribution in [1.29, 1.82) is 0 Å². The first-order chi connectivity index (χ1) is 18.4. The van der Waals surface area contributed by atoms with E-state index in [4.69, 9.17) is 23.6 Å². The molecule has 0 fully saturated rings. The van der Waals surface area contributed by atoms with Crippen LogP contribution in [0.1, 0.15) is 29.9 Å². The number of aromatic nitrogens is 1. The monoisotopic (exact) mass is 704 g/mol. The first-order valence-corrected chi connectivity index (χ1v) is 14.3. The number of thiazole rings is 1. The number of carbonyl (C=O) groups is 1. The van der Waals surface area contributed by atoms with Gasteiger partial charge in [-0.25, -0.2) is 9.79 Å². The first kappa shape index (κ1) is 25.1. The minimum Gasteiger partial charge on any atom is -0.463 e. The molecule has 0 N–H and O–H groups in total. The largest absolute Gasteiger partial charge is 0.463 e. The van der Waals surface area contributed by atoms with Crippen LogP contribution >= 0.6 is 49.9 Å². The first-order valence-electron chi connectivity index (χ1n) is 11.6. The van der Waals surface area contributed by atoms with Crippen molar-refractivity contribution in [2.24, 2.45) is 4.99 Å². The zero-order valence-electron chi connectivity index (χ0n) is 19.8. The number of ether oxygens (including phenoxy) is 3. The minimum atomic E-state index is -0.805. The van der Waals surface area contributed by atoms with Gasteiger partial charge in [0.05, 0.1) is 32.9 Å². The molecule has 192 valence electrons. The zero-order valence-corrected chi connectivity index (χ0v) is 24.3. The smallest absolute Gasteiger partial charge is 0.338 e. The summed E-state index contributed by atoms with van der Waals surface area (Å²) in [5.74, 6) is 1.13. The highest BCUT2D eigenvalue weighted by Crippen LogP contribution is 2.40. The fourth-order valence-electron chi connectivity index (χ4n) is 4.40. The number of furan rings is 1. The van der Waals surface area contributed by atoms with E-state index in [9.17, 15) is 9.59 Å². The van der Waals surface area contributed by atoms with Crippen molar-refractivity contribution in [1.82, 2.24) is 4.57 Å². The van der Waals surface area contributed by atoms with Crippen LogP contribution in [0.15, 0.2) is 78.8 Å². The van der Waals surface area contributed by atoms with Crippen molar-refractivity contribution in [3.63, 3.8) is 0 Å². The molecule has 0 saturated carbocycles. The van der Waals surface area contributed by atoms with Gasteiger partial charge in [0.1, 0.15) is 5.76 Å². The lowest BCUT2D eigenvalue weighted by atomic mass is 9.93. The number of hydrogen-bond donors (Lipinski definition) is 0. The van der Waals surface area contributed by atoms with Crippen molar-refractivity contribution in [2.45, 2.75) is 13.0 Å². The topological polar surface area (TPSA) is 92.3 Å². The van der Waals surface area contributed by atoms with Crippen LogP contribution in [0.3, 0.4) is 0 Å². The van der Waals surface area contributed by atoms with Crippen LogP contribution in [0.25, 0.3) is 11.8 Å². The van der Waals surface area contributed by atoms with Gasteiger partial charge in [0.2, 0.25) is 6.79 Å². The van der Waals surface area contributed by atoms with Crippen molar-refractivity contribution in [2.75, 3.05) is 13.4 Å². The molecule has 0 spiro atoms. The van der Waals surface area contributed by atoms with E-state index in [2.05, 4.69) is 38.5 Å². The number of hydrogen-bond acceptors (Lipinski definition) is 8. The maximum Gasteiger partial charge on any atom is 0.338 e. The second kappa shape index (κ2) is 10.2. The Labute approximate surface area is 242 Å². The molecule has 4 aromatic rings. The lowest BCUT2D eigenvalue weighted by molar-refractivity contribution is -0.138. The molecular weight excluding hydrogens is 687 g/mol. The molecule has 0 radical (unpaired) electrons. The third-order valence-electron chi connectivity index (χ3n) is 6.02. The summed E-state index contributed by atoms with van der Waals surface area (Å²) in [5, 5.41) is 0. The summed E-state index contributed by atoms with van der Waals surface area (Å²) in [7, 11) is 0. The van der Waals surface area contributed by atoms with E-state index < -0.39 is 12.0 Å². The molecule has 0 unspecified atom stereocenters. The molecular formula is C27H18BrIN2O6S. The Kier molecular flexibility index (Phi) is 6.74. The fourth-order valence-corrected chi connectivity index (χ4v) is 6.10. The lowest BCUT2D eigenvalue weighted by Crippen LogP contribution is -2.40. The summed E-state index contributed by atoms with van der Waals surface area (Å²) >= 11 is 6.74. The van der Waals surface area contributed by atoms with Crippen molar-refractivity contribution in [3.8, 4) is 11.5 Å². The Morgan fingerprint density at radius 2 is 2.00 bits per heavy atom. The summed E-state index contributed by atoms with van der Waals surface area (Å²) in [6.45, 7) is 2.03. The molecule has 0 amide bonds. The van der Waals surface area contributed by atoms with E-state index in [1.165, 1.54) is 15.9 Å².